The average molecular weight is 259 g/mol. The molecule has 0 aliphatic heterocycles. The van der Waals surface area contributed by atoms with Gasteiger partial charge in [0.1, 0.15) is 0 Å². The maximum atomic E-state index is 13.4. The van der Waals surface area contributed by atoms with Crippen molar-refractivity contribution in [2.75, 3.05) is 0 Å². The van der Waals surface area contributed by atoms with E-state index >= 15 is 0 Å². The molecule has 0 saturated heterocycles. The van der Waals surface area contributed by atoms with Crippen LogP contribution in [0.5, 0.6) is 0 Å². The van der Waals surface area contributed by atoms with Crippen LogP contribution >= 0.6 is 15.9 Å². The number of imidazole rings is 1. The number of nitrogens with zero attached hydrogens (tertiary/aromatic N) is 2. The van der Waals surface area contributed by atoms with Gasteiger partial charge >= 0.3 is 5.97 Å². The molecule has 0 bridgehead atoms. The van der Waals surface area contributed by atoms with Crippen molar-refractivity contribution in [3.63, 3.8) is 0 Å². The summed E-state index contributed by atoms with van der Waals surface area (Å²) in [6.45, 7) is 0. The summed E-state index contributed by atoms with van der Waals surface area (Å²) in [5, 5.41) is 8.63. The molecule has 0 spiro atoms. The molecule has 0 radical (unpaired) electrons. The first-order chi connectivity index (χ1) is 6.61. The van der Waals surface area contributed by atoms with Crippen LogP contribution in [0.1, 0.15) is 10.5 Å². The molecular weight excluding hydrogens is 255 g/mol. The molecule has 0 aliphatic rings. The van der Waals surface area contributed by atoms with Crippen LogP contribution in [0.15, 0.2) is 22.8 Å². The second-order valence-electron chi connectivity index (χ2n) is 2.61. The lowest BCUT2D eigenvalue weighted by molar-refractivity contribution is 0.0685. The average Bonchev–Trinajstić information content (AvgIpc) is 2.46. The number of carboxylic acids is 1. The Morgan fingerprint density at radius 1 is 1.64 bits per heavy atom. The number of rotatable bonds is 1. The van der Waals surface area contributed by atoms with E-state index in [-0.39, 0.29) is 5.65 Å². The van der Waals surface area contributed by atoms with Gasteiger partial charge < -0.3 is 5.11 Å². The molecule has 0 unspecified atom stereocenters. The van der Waals surface area contributed by atoms with E-state index in [9.17, 15) is 9.18 Å². The van der Waals surface area contributed by atoms with Crippen LogP contribution in [0.4, 0.5) is 4.39 Å². The molecule has 4 nitrogen and oxygen atoms in total. The predicted octanol–water partition coefficient (Wildman–Crippen LogP) is 1.93. The molecule has 0 aromatic carbocycles. The van der Waals surface area contributed by atoms with E-state index in [0.717, 1.165) is 4.40 Å². The molecule has 2 aromatic heterocycles. The number of carbonyl (C=O) groups is 1. The van der Waals surface area contributed by atoms with Gasteiger partial charge in [-0.1, -0.05) is 0 Å². The molecule has 72 valence electrons. The lowest BCUT2D eigenvalue weighted by Crippen LogP contribution is -2.00. The summed E-state index contributed by atoms with van der Waals surface area (Å²) in [7, 11) is 0. The van der Waals surface area contributed by atoms with Gasteiger partial charge in [0.2, 0.25) is 11.6 Å². The maximum Gasteiger partial charge on any atom is 0.359 e. The SMILES string of the molecule is O=C(O)c1nc2c(Br)cccn2c1F. The normalized spacial score (nSPS) is 10.7. The van der Waals surface area contributed by atoms with Gasteiger partial charge in [-0.25, -0.2) is 9.78 Å². The van der Waals surface area contributed by atoms with Crippen LogP contribution in [0.2, 0.25) is 0 Å². The minimum Gasteiger partial charge on any atom is -0.476 e. The Morgan fingerprint density at radius 3 is 2.93 bits per heavy atom. The van der Waals surface area contributed by atoms with Gasteiger partial charge in [0.25, 0.3) is 0 Å². The second-order valence-corrected chi connectivity index (χ2v) is 3.46. The topological polar surface area (TPSA) is 54.6 Å². The number of hydrogen-bond acceptors (Lipinski definition) is 2. The molecule has 0 aliphatic carbocycles. The van der Waals surface area contributed by atoms with Gasteiger partial charge in [0, 0.05) is 6.20 Å². The zero-order chi connectivity index (χ0) is 10.3. The Hall–Kier alpha value is -1.43. The van der Waals surface area contributed by atoms with E-state index < -0.39 is 17.6 Å². The molecule has 0 fully saturated rings. The third-order valence-corrected chi connectivity index (χ3v) is 2.37. The van der Waals surface area contributed by atoms with Gasteiger partial charge in [-0.3, -0.25) is 4.40 Å². The molecule has 6 heteroatoms. The summed E-state index contributed by atoms with van der Waals surface area (Å²) in [5.74, 6) is -2.24. The van der Waals surface area contributed by atoms with Gasteiger partial charge in [-0.15, -0.1) is 0 Å². The minimum absolute atomic E-state index is 0.252. The lowest BCUT2D eigenvalue weighted by Gasteiger charge is -1.93. The van der Waals surface area contributed by atoms with Gasteiger partial charge in [0.05, 0.1) is 4.47 Å². The van der Waals surface area contributed by atoms with Gasteiger partial charge in [0.15, 0.2) is 5.65 Å². The van der Waals surface area contributed by atoms with Crippen molar-refractivity contribution in [2.45, 2.75) is 0 Å². The fraction of sp³-hybridized carbons (Fsp3) is 0. The largest absolute Gasteiger partial charge is 0.476 e. The molecule has 2 rings (SSSR count). The standard InChI is InChI=1S/C8H4BrFN2O2/c9-4-2-1-3-12-6(10)5(8(13)14)11-7(4)12/h1-3H,(H,13,14). The molecule has 0 atom stereocenters. The molecule has 14 heavy (non-hydrogen) atoms. The first-order valence-corrected chi connectivity index (χ1v) is 4.46. The van der Waals surface area contributed by atoms with Gasteiger partial charge in [-0.2, -0.15) is 4.39 Å². The number of halogens is 2. The Balaban J connectivity index is 2.86. The second kappa shape index (κ2) is 3.06. The van der Waals surface area contributed by atoms with Crippen molar-refractivity contribution in [3.8, 4) is 0 Å². The van der Waals surface area contributed by atoms with Crippen molar-refractivity contribution in [1.29, 1.82) is 0 Å². The third-order valence-electron chi connectivity index (χ3n) is 1.75. The highest BCUT2D eigenvalue weighted by Crippen LogP contribution is 2.19. The number of fused-ring (bicyclic) bond motifs is 1. The Labute approximate surface area is 86.1 Å². The van der Waals surface area contributed by atoms with E-state index in [2.05, 4.69) is 20.9 Å². The fourth-order valence-corrected chi connectivity index (χ4v) is 1.57. The first kappa shape index (κ1) is 9.14. The van der Waals surface area contributed by atoms with Crippen LogP contribution in [-0.2, 0) is 0 Å². The summed E-state index contributed by atoms with van der Waals surface area (Å²) in [6.07, 6.45) is 1.41. The van der Waals surface area contributed by atoms with E-state index in [4.69, 9.17) is 5.11 Å². The quantitative estimate of drug-likeness (QED) is 0.851. The number of carboxylic acid groups (broad SMARTS) is 1. The molecule has 1 N–H and O–H groups in total. The van der Waals surface area contributed by atoms with Crippen molar-refractivity contribution in [2.24, 2.45) is 0 Å². The number of aromatic nitrogens is 2. The Kier molecular flexibility index (Phi) is 1.99. The van der Waals surface area contributed by atoms with Crippen LogP contribution in [0.25, 0.3) is 5.65 Å². The molecule has 2 aromatic rings. The van der Waals surface area contributed by atoms with Gasteiger partial charge in [-0.05, 0) is 28.1 Å². The van der Waals surface area contributed by atoms with E-state index in [0.29, 0.717) is 4.47 Å². The highest BCUT2D eigenvalue weighted by molar-refractivity contribution is 9.10. The third kappa shape index (κ3) is 1.19. The maximum absolute atomic E-state index is 13.4. The minimum atomic E-state index is -1.38. The predicted molar refractivity (Wildman–Crippen MR) is 49.8 cm³/mol. The van der Waals surface area contributed by atoms with Crippen molar-refractivity contribution in [3.05, 3.63) is 34.4 Å². The molecular formula is C8H4BrFN2O2. The summed E-state index contributed by atoms with van der Waals surface area (Å²) in [4.78, 5) is 14.2. The molecule has 0 amide bonds. The molecule has 0 saturated carbocycles. The van der Waals surface area contributed by atoms with Crippen LogP contribution in [0, 0.1) is 5.95 Å². The van der Waals surface area contributed by atoms with E-state index in [1.807, 2.05) is 0 Å². The number of pyridine rings is 1. The highest BCUT2D eigenvalue weighted by atomic mass is 79.9. The van der Waals surface area contributed by atoms with Crippen LogP contribution in [0.3, 0.4) is 0 Å². The number of aromatic carboxylic acids is 1. The smallest absolute Gasteiger partial charge is 0.359 e. The Morgan fingerprint density at radius 2 is 2.36 bits per heavy atom. The van der Waals surface area contributed by atoms with E-state index in [1.54, 1.807) is 12.1 Å². The summed E-state index contributed by atoms with van der Waals surface area (Å²) >= 11 is 3.15. The van der Waals surface area contributed by atoms with Crippen LogP contribution < -0.4 is 0 Å². The van der Waals surface area contributed by atoms with Crippen LogP contribution in [-0.4, -0.2) is 20.5 Å². The van der Waals surface area contributed by atoms with E-state index in [1.165, 1.54) is 6.20 Å². The zero-order valence-electron chi connectivity index (χ0n) is 6.74. The van der Waals surface area contributed by atoms with Crippen molar-refractivity contribution >= 4 is 27.5 Å². The van der Waals surface area contributed by atoms with Crippen molar-refractivity contribution in [1.82, 2.24) is 9.38 Å². The summed E-state index contributed by atoms with van der Waals surface area (Å²) < 4.78 is 15.0. The number of hydrogen-bond donors (Lipinski definition) is 1. The fourth-order valence-electron chi connectivity index (χ4n) is 1.14. The summed E-state index contributed by atoms with van der Waals surface area (Å²) in [6, 6.07) is 3.25. The molecule has 2 heterocycles. The monoisotopic (exact) mass is 258 g/mol. The Bertz CT molecular complexity index is 523. The van der Waals surface area contributed by atoms with Crippen molar-refractivity contribution < 1.29 is 14.3 Å². The summed E-state index contributed by atoms with van der Waals surface area (Å²) in [5.41, 5.74) is -0.320. The lowest BCUT2D eigenvalue weighted by atomic mass is 10.5. The first-order valence-electron chi connectivity index (χ1n) is 3.66. The zero-order valence-corrected chi connectivity index (χ0v) is 8.32. The highest BCUT2D eigenvalue weighted by Gasteiger charge is 2.18.